The molecule has 0 amide bonds. The molecule has 3 nitrogen and oxygen atoms in total. The number of ether oxygens (including phenoxy) is 1. The van der Waals surface area contributed by atoms with Gasteiger partial charge in [0.1, 0.15) is 0 Å². The lowest BCUT2D eigenvalue weighted by atomic mass is 10.1. The molecule has 1 rings (SSSR count). The third-order valence-electron chi connectivity index (χ3n) is 3.37. The van der Waals surface area contributed by atoms with Gasteiger partial charge in [0.05, 0.1) is 6.61 Å². The van der Waals surface area contributed by atoms with Crippen LogP contribution in [0.3, 0.4) is 0 Å². The number of rotatable bonds is 7. The monoisotopic (exact) mass is 278 g/mol. The smallest absolute Gasteiger partial charge is 0.0663 e. The summed E-state index contributed by atoms with van der Waals surface area (Å²) in [5.41, 5.74) is 2.73. The molecule has 0 fully saturated rings. The van der Waals surface area contributed by atoms with Gasteiger partial charge in [0, 0.05) is 37.5 Å². The quantitative estimate of drug-likeness (QED) is 0.827. The zero-order valence-electron chi connectivity index (χ0n) is 13.9. The summed E-state index contributed by atoms with van der Waals surface area (Å²) in [7, 11) is 1.76. The highest BCUT2D eigenvalue weighted by Gasteiger charge is 2.13. The van der Waals surface area contributed by atoms with Crippen LogP contribution in [0.2, 0.25) is 0 Å². The van der Waals surface area contributed by atoms with E-state index in [0.717, 1.165) is 19.7 Å². The first-order valence-corrected chi connectivity index (χ1v) is 7.47. The van der Waals surface area contributed by atoms with E-state index < -0.39 is 0 Å². The molecule has 1 aromatic carbocycles. The van der Waals surface area contributed by atoms with Crippen molar-refractivity contribution in [2.45, 2.75) is 52.7 Å². The maximum absolute atomic E-state index is 5.26. The van der Waals surface area contributed by atoms with Crippen LogP contribution in [-0.2, 0) is 11.3 Å². The van der Waals surface area contributed by atoms with Crippen molar-refractivity contribution in [1.29, 1.82) is 0 Å². The largest absolute Gasteiger partial charge is 0.383 e. The zero-order valence-corrected chi connectivity index (χ0v) is 13.9. The van der Waals surface area contributed by atoms with Crippen molar-refractivity contribution < 1.29 is 4.74 Å². The van der Waals surface area contributed by atoms with Gasteiger partial charge in [-0.15, -0.1) is 0 Å². The summed E-state index contributed by atoms with van der Waals surface area (Å²) in [4.78, 5) is 2.37. The number of nitrogens with zero attached hydrogens (tertiary/aromatic N) is 1. The molecule has 0 aliphatic heterocycles. The number of nitrogens with one attached hydrogen (secondary N) is 1. The van der Waals surface area contributed by atoms with Crippen molar-refractivity contribution in [3.05, 3.63) is 29.8 Å². The molecular weight excluding hydrogens is 248 g/mol. The van der Waals surface area contributed by atoms with E-state index in [1.54, 1.807) is 7.11 Å². The second-order valence-corrected chi connectivity index (χ2v) is 6.36. The maximum Gasteiger partial charge on any atom is 0.0663 e. The van der Waals surface area contributed by atoms with Crippen molar-refractivity contribution in [3.63, 3.8) is 0 Å². The van der Waals surface area contributed by atoms with Crippen LogP contribution in [0.15, 0.2) is 24.3 Å². The van der Waals surface area contributed by atoms with Gasteiger partial charge in [0.2, 0.25) is 0 Å². The molecule has 0 heterocycles. The first-order valence-electron chi connectivity index (χ1n) is 7.47. The van der Waals surface area contributed by atoms with Crippen molar-refractivity contribution in [3.8, 4) is 0 Å². The average Bonchev–Trinajstić information content (AvgIpc) is 2.38. The third-order valence-corrected chi connectivity index (χ3v) is 3.37. The number of methoxy groups -OCH3 is 1. The van der Waals surface area contributed by atoms with Gasteiger partial charge in [0.25, 0.3) is 0 Å². The van der Waals surface area contributed by atoms with E-state index in [9.17, 15) is 0 Å². The van der Waals surface area contributed by atoms with Gasteiger partial charge in [-0.2, -0.15) is 0 Å². The van der Waals surface area contributed by atoms with Crippen LogP contribution in [0.1, 0.15) is 40.2 Å². The molecular formula is C17H30N2O. The summed E-state index contributed by atoms with van der Waals surface area (Å²) in [6, 6.07) is 9.21. The molecule has 114 valence electrons. The van der Waals surface area contributed by atoms with Gasteiger partial charge in [0.15, 0.2) is 0 Å². The van der Waals surface area contributed by atoms with E-state index in [2.05, 4.69) is 69.1 Å². The fourth-order valence-electron chi connectivity index (χ4n) is 2.25. The second kappa shape index (κ2) is 7.65. The molecule has 0 aliphatic rings. The lowest BCUT2D eigenvalue weighted by molar-refractivity contribution is 0.182. The molecule has 1 unspecified atom stereocenters. The van der Waals surface area contributed by atoms with Crippen LogP contribution < -0.4 is 10.2 Å². The lowest BCUT2D eigenvalue weighted by Gasteiger charge is -2.30. The van der Waals surface area contributed by atoms with Crippen molar-refractivity contribution in [2.24, 2.45) is 0 Å². The first-order chi connectivity index (χ1) is 9.37. The number of hydrogen-bond acceptors (Lipinski definition) is 3. The van der Waals surface area contributed by atoms with E-state index >= 15 is 0 Å². The summed E-state index contributed by atoms with van der Waals surface area (Å²) in [5.74, 6) is 0. The van der Waals surface area contributed by atoms with Crippen LogP contribution in [0, 0.1) is 0 Å². The van der Waals surface area contributed by atoms with Crippen LogP contribution in [0.5, 0.6) is 0 Å². The third kappa shape index (κ3) is 5.51. The Morgan fingerprint density at radius 2 is 1.80 bits per heavy atom. The Hall–Kier alpha value is -1.06. The van der Waals surface area contributed by atoms with Crippen LogP contribution in [0.4, 0.5) is 5.69 Å². The summed E-state index contributed by atoms with van der Waals surface area (Å²) in [5, 5.41) is 3.51. The van der Waals surface area contributed by atoms with Gasteiger partial charge in [-0.05, 0) is 52.3 Å². The first kappa shape index (κ1) is 17.0. The Balaban J connectivity index is 2.69. The number of likely N-dealkylation sites (N-methyl/N-ethyl adjacent to an activating group) is 1. The highest BCUT2D eigenvalue weighted by molar-refractivity contribution is 5.48. The van der Waals surface area contributed by atoms with Gasteiger partial charge in [-0.3, -0.25) is 0 Å². The van der Waals surface area contributed by atoms with Crippen LogP contribution in [0.25, 0.3) is 0 Å². The summed E-state index contributed by atoms with van der Waals surface area (Å²) in [6.07, 6.45) is 0. The molecule has 0 radical (unpaired) electrons. The Morgan fingerprint density at radius 1 is 1.20 bits per heavy atom. The van der Waals surface area contributed by atoms with Gasteiger partial charge < -0.3 is 15.0 Å². The van der Waals surface area contributed by atoms with Crippen LogP contribution >= 0.6 is 0 Å². The normalized spacial score (nSPS) is 13.3. The summed E-state index contributed by atoms with van der Waals surface area (Å²) < 4.78 is 5.26. The molecule has 0 aromatic heterocycles. The van der Waals surface area contributed by atoms with Crippen molar-refractivity contribution >= 4 is 5.69 Å². The fourth-order valence-corrected chi connectivity index (χ4v) is 2.25. The second-order valence-electron chi connectivity index (χ2n) is 6.36. The van der Waals surface area contributed by atoms with E-state index in [1.165, 1.54) is 11.3 Å². The topological polar surface area (TPSA) is 24.5 Å². The summed E-state index contributed by atoms with van der Waals surface area (Å²) >= 11 is 0. The van der Waals surface area contributed by atoms with E-state index in [0.29, 0.717) is 6.04 Å². The molecule has 1 N–H and O–H groups in total. The maximum atomic E-state index is 5.26. The molecule has 0 bridgehead atoms. The molecule has 20 heavy (non-hydrogen) atoms. The standard InChI is InChI=1S/C17H30N2O/c1-7-19(14(2)13-20-6)16-10-8-15(9-11-16)12-18-17(3,4)5/h8-11,14,18H,7,12-13H2,1-6H3. The SMILES string of the molecule is CCN(c1ccc(CNC(C)(C)C)cc1)C(C)COC. The van der Waals surface area contributed by atoms with Crippen molar-refractivity contribution in [2.75, 3.05) is 25.2 Å². The Kier molecular flexibility index (Phi) is 6.50. The van der Waals surface area contributed by atoms with Crippen LogP contribution in [-0.4, -0.2) is 31.8 Å². The fraction of sp³-hybridized carbons (Fsp3) is 0.647. The molecule has 1 aromatic rings. The van der Waals surface area contributed by atoms with Gasteiger partial charge in [-0.1, -0.05) is 12.1 Å². The van der Waals surface area contributed by atoms with Gasteiger partial charge >= 0.3 is 0 Å². The summed E-state index contributed by atoms with van der Waals surface area (Å²) in [6.45, 7) is 13.6. The van der Waals surface area contributed by atoms with E-state index in [-0.39, 0.29) is 5.54 Å². The number of benzene rings is 1. The minimum atomic E-state index is 0.154. The van der Waals surface area contributed by atoms with E-state index in [1.807, 2.05) is 0 Å². The highest BCUT2D eigenvalue weighted by atomic mass is 16.5. The molecule has 0 aliphatic carbocycles. The Bertz CT molecular complexity index is 381. The molecule has 3 heteroatoms. The molecule has 0 spiro atoms. The minimum Gasteiger partial charge on any atom is -0.383 e. The Labute approximate surface area is 124 Å². The zero-order chi connectivity index (χ0) is 15.2. The average molecular weight is 278 g/mol. The van der Waals surface area contributed by atoms with Gasteiger partial charge in [-0.25, -0.2) is 0 Å². The predicted molar refractivity (Wildman–Crippen MR) is 87.4 cm³/mol. The molecule has 0 saturated heterocycles. The highest BCUT2D eigenvalue weighted by Crippen LogP contribution is 2.18. The minimum absolute atomic E-state index is 0.154. The van der Waals surface area contributed by atoms with Crippen molar-refractivity contribution in [1.82, 2.24) is 5.32 Å². The molecule has 0 saturated carbocycles. The number of anilines is 1. The molecule has 1 atom stereocenters. The lowest BCUT2D eigenvalue weighted by Crippen LogP contribution is -2.36. The Morgan fingerprint density at radius 3 is 2.25 bits per heavy atom. The van der Waals surface area contributed by atoms with E-state index in [4.69, 9.17) is 4.74 Å². The number of hydrogen-bond donors (Lipinski definition) is 1. The predicted octanol–water partition coefficient (Wildman–Crippen LogP) is 3.44.